The van der Waals surface area contributed by atoms with Crippen LogP contribution < -0.4 is 5.73 Å². The van der Waals surface area contributed by atoms with Gasteiger partial charge in [0.1, 0.15) is 0 Å². The van der Waals surface area contributed by atoms with Gasteiger partial charge >= 0.3 is 0 Å². The highest BCUT2D eigenvalue weighted by molar-refractivity contribution is 6.31. The first kappa shape index (κ1) is 14.2. The lowest BCUT2D eigenvalue weighted by Gasteiger charge is -2.45. The zero-order valence-electron chi connectivity index (χ0n) is 11.6. The molecule has 1 fully saturated rings. The molecule has 1 amide bonds. The van der Waals surface area contributed by atoms with Crippen LogP contribution in [-0.4, -0.2) is 47.9 Å². The van der Waals surface area contributed by atoms with E-state index in [0.717, 1.165) is 13.1 Å². The second-order valence-corrected chi connectivity index (χ2v) is 6.17. The summed E-state index contributed by atoms with van der Waals surface area (Å²) in [5.41, 5.74) is 6.80. The molecule has 0 radical (unpaired) electrons. The molecule has 2 N–H and O–H groups in total. The number of nitrogen functional groups attached to an aromatic ring is 1. The molecule has 0 spiro atoms. The molecule has 1 aliphatic rings. The fourth-order valence-electron chi connectivity index (χ4n) is 2.33. The lowest BCUT2D eigenvalue weighted by Crippen LogP contribution is -2.58. The van der Waals surface area contributed by atoms with E-state index in [9.17, 15) is 4.79 Å². The molecular formula is C14H20ClN3O. The lowest BCUT2D eigenvalue weighted by atomic mass is 9.99. The van der Waals surface area contributed by atoms with E-state index >= 15 is 0 Å². The number of piperazine rings is 1. The topological polar surface area (TPSA) is 49.6 Å². The zero-order valence-corrected chi connectivity index (χ0v) is 12.4. The first-order valence-corrected chi connectivity index (χ1v) is 6.74. The molecule has 1 heterocycles. The molecule has 1 saturated heterocycles. The van der Waals surface area contributed by atoms with Gasteiger partial charge in [-0.1, -0.05) is 11.6 Å². The average molecular weight is 282 g/mol. The van der Waals surface area contributed by atoms with Gasteiger partial charge in [-0.25, -0.2) is 0 Å². The van der Waals surface area contributed by atoms with E-state index in [1.165, 1.54) is 0 Å². The molecule has 0 unspecified atom stereocenters. The number of nitrogens with two attached hydrogens (primary N) is 1. The predicted octanol–water partition coefficient (Wildman–Crippen LogP) is 2.09. The summed E-state index contributed by atoms with van der Waals surface area (Å²) >= 11 is 5.95. The number of likely N-dealkylation sites (N-methyl/N-ethyl adjacent to an activating group) is 1. The number of benzene rings is 1. The largest absolute Gasteiger partial charge is 0.399 e. The van der Waals surface area contributed by atoms with E-state index in [2.05, 4.69) is 25.8 Å². The Morgan fingerprint density at radius 3 is 2.58 bits per heavy atom. The van der Waals surface area contributed by atoms with Crippen molar-refractivity contribution in [3.8, 4) is 0 Å². The number of halogens is 1. The van der Waals surface area contributed by atoms with Gasteiger partial charge in [-0.05, 0) is 39.1 Å². The minimum Gasteiger partial charge on any atom is -0.399 e. The molecule has 5 heteroatoms. The van der Waals surface area contributed by atoms with Crippen LogP contribution >= 0.6 is 11.6 Å². The van der Waals surface area contributed by atoms with Crippen molar-refractivity contribution < 1.29 is 4.79 Å². The molecule has 0 saturated carbocycles. The van der Waals surface area contributed by atoms with Gasteiger partial charge in [-0.2, -0.15) is 0 Å². The van der Waals surface area contributed by atoms with Crippen molar-refractivity contribution >= 4 is 23.2 Å². The van der Waals surface area contributed by atoms with Gasteiger partial charge in [0.2, 0.25) is 0 Å². The second-order valence-electron chi connectivity index (χ2n) is 5.73. The third-order valence-electron chi connectivity index (χ3n) is 3.77. The van der Waals surface area contributed by atoms with Gasteiger partial charge in [0.15, 0.2) is 0 Å². The maximum atomic E-state index is 12.5. The highest BCUT2D eigenvalue weighted by Gasteiger charge is 2.33. The average Bonchev–Trinajstić information content (AvgIpc) is 2.30. The molecular weight excluding hydrogens is 262 g/mol. The summed E-state index contributed by atoms with van der Waals surface area (Å²) in [5, 5.41) is 0.497. The van der Waals surface area contributed by atoms with Crippen LogP contribution in [0.15, 0.2) is 18.2 Å². The third-order valence-corrected chi connectivity index (χ3v) is 3.99. The van der Waals surface area contributed by atoms with Gasteiger partial charge in [0, 0.05) is 41.4 Å². The summed E-state index contributed by atoms with van der Waals surface area (Å²) in [5.74, 6) is -0.00428. The molecule has 19 heavy (non-hydrogen) atoms. The van der Waals surface area contributed by atoms with Crippen molar-refractivity contribution in [1.29, 1.82) is 0 Å². The molecule has 1 aromatic rings. The molecule has 104 valence electrons. The first-order chi connectivity index (χ1) is 8.79. The minimum atomic E-state index is -0.0158. The molecule has 0 aliphatic carbocycles. The Morgan fingerprint density at radius 2 is 2.00 bits per heavy atom. The standard InChI is InChI=1S/C14H20ClN3O/c1-14(2)9-18(5-4-17(14)3)13(19)10-6-11(15)8-12(16)7-10/h6-8H,4-5,9,16H2,1-3H3. The molecule has 0 atom stereocenters. The monoisotopic (exact) mass is 281 g/mol. The van der Waals surface area contributed by atoms with Gasteiger partial charge in [-0.15, -0.1) is 0 Å². The van der Waals surface area contributed by atoms with Crippen LogP contribution in [0.2, 0.25) is 5.02 Å². The Morgan fingerprint density at radius 1 is 1.32 bits per heavy atom. The van der Waals surface area contributed by atoms with E-state index in [-0.39, 0.29) is 11.4 Å². The van der Waals surface area contributed by atoms with Crippen LogP contribution in [0.1, 0.15) is 24.2 Å². The van der Waals surface area contributed by atoms with Crippen molar-refractivity contribution in [3.63, 3.8) is 0 Å². The fourth-order valence-corrected chi connectivity index (χ4v) is 2.58. The van der Waals surface area contributed by atoms with E-state index in [4.69, 9.17) is 17.3 Å². The number of carbonyl (C=O) groups excluding carboxylic acids is 1. The van der Waals surface area contributed by atoms with E-state index in [1.807, 2.05) is 4.90 Å². The number of anilines is 1. The van der Waals surface area contributed by atoms with Gasteiger partial charge in [-0.3, -0.25) is 9.69 Å². The molecule has 1 aromatic carbocycles. The maximum absolute atomic E-state index is 12.5. The summed E-state index contributed by atoms with van der Waals surface area (Å²) in [7, 11) is 2.08. The molecule has 1 aliphatic heterocycles. The molecule has 2 rings (SSSR count). The maximum Gasteiger partial charge on any atom is 0.254 e. The van der Waals surface area contributed by atoms with Crippen molar-refractivity contribution in [3.05, 3.63) is 28.8 Å². The minimum absolute atomic E-state index is 0.00428. The van der Waals surface area contributed by atoms with Crippen LogP contribution in [-0.2, 0) is 0 Å². The van der Waals surface area contributed by atoms with Crippen molar-refractivity contribution in [2.75, 3.05) is 32.4 Å². The third kappa shape index (κ3) is 3.01. The van der Waals surface area contributed by atoms with Crippen molar-refractivity contribution in [1.82, 2.24) is 9.80 Å². The number of rotatable bonds is 1. The Balaban J connectivity index is 2.20. The second kappa shape index (κ2) is 5.02. The van der Waals surface area contributed by atoms with E-state index < -0.39 is 0 Å². The molecule has 4 nitrogen and oxygen atoms in total. The summed E-state index contributed by atoms with van der Waals surface area (Å²) < 4.78 is 0. The van der Waals surface area contributed by atoms with Crippen LogP contribution in [0.3, 0.4) is 0 Å². The van der Waals surface area contributed by atoms with Crippen LogP contribution in [0.5, 0.6) is 0 Å². The quantitative estimate of drug-likeness (QED) is 0.802. The number of hydrogen-bond acceptors (Lipinski definition) is 3. The summed E-state index contributed by atoms with van der Waals surface area (Å²) in [6.07, 6.45) is 0. The Labute approximate surface area is 119 Å². The highest BCUT2D eigenvalue weighted by Crippen LogP contribution is 2.22. The van der Waals surface area contributed by atoms with Crippen molar-refractivity contribution in [2.24, 2.45) is 0 Å². The highest BCUT2D eigenvalue weighted by atomic mass is 35.5. The summed E-state index contributed by atoms with van der Waals surface area (Å²) in [6.45, 7) is 6.58. The normalized spacial score (nSPS) is 19.5. The van der Waals surface area contributed by atoms with Crippen molar-refractivity contribution in [2.45, 2.75) is 19.4 Å². The van der Waals surface area contributed by atoms with Crippen LogP contribution in [0, 0.1) is 0 Å². The lowest BCUT2D eigenvalue weighted by molar-refractivity contribution is 0.0311. The van der Waals surface area contributed by atoms with Crippen LogP contribution in [0.4, 0.5) is 5.69 Å². The van der Waals surface area contributed by atoms with Crippen LogP contribution in [0.25, 0.3) is 0 Å². The number of carbonyl (C=O) groups is 1. The number of amides is 1. The Kier molecular flexibility index (Phi) is 3.74. The number of nitrogens with zero attached hydrogens (tertiary/aromatic N) is 2. The zero-order chi connectivity index (χ0) is 14.2. The number of hydrogen-bond donors (Lipinski definition) is 1. The molecule has 0 bridgehead atoms. The van der Waals surface area contributed by atoms with E-state index in [1.54, 1.807) is 18.2 Å². The van der Waals surface area contributed by atoms with Gasteiger partial charge in [0.25, 0.3) is 5.91 Å². The fraction of sp³-hybridized carbons (Fsp3) is 0.500. The SMILES string of the molecule is CN1CCN(C(=O)c2cc(N)cc(Cl)c2)CC1(C)C. The molecule has 0 aromatic heterocycles. The Hall–Kier alpha value is -1.26. The summed E-state index contributed by atoms with van der Waals surface area (Å²) in [6, 6.07) is 5.00. The first-order valence-electron chi connectivity index (χ1n) is 6.36. The Bertz CT molecular complexity index is 481. The smallest absolute Gasteiger partial charge is 0.254 e. The predicted molar refractivity (Wildman–Crippen MR) is 78.5 cm³/mol. The van der Waals surface area contributed by atoms with Gasteiger partial charge in [0.05, 0.1) is 0 Å². The van der Waals surface area contributed by atoms with E-state index in [0.29, 0.717) is 22.8 Å². The van der Waals surface area contributed by atoms with Gasteiger partial charge < -0.3 is 10.6 Å². The summed E-state index contributed by atoms with van der Waals surface area (Å²) in [4.78, 5) is 16.6.